The Labute approximate surface area is 106 Å². The molecule has 0 radical (unpaired) electrons. The van der Waals surface area contributed by atoms with Gasteiger partial charge in [0, 0.05) is 29.4 Å². The van der Waals surface area contributed by atoms with Gasteiger partial charge in [-0.15, -0.1) is 11.3 Å². The van der Waals surface area contributed by atoms with Crippen molar-refractivity contribution in [3.8, 4) is 10.6 Å². The molecule has 2 heterocycles. The van der Waals surface area contributed by atoms with Crippen molar-refractivity contribution < 1.29 is 0 Å². The Hall–Kier alpha value is -1.26. The van der Waals surface area contributed by atoms with Crippen LogP contribution in [0.1, 0.15) is 24.4 Å². The van der Waals surface area contributed by atoms with Crippen LogP contribution in [0.4, 0.5) is 0 Å². The molecule has 0 saturated heterocycles. The number of thiazole rings is 1. The van der Waals surface area contributed by atoms with Crippen LogP contribution in [0, 0.1) is 0 Å². The molecule has 3 nitrogen and oxygen atoms in total. The lowest BCUT2D eigenvalue weighted by Gasteiger charge is -1.99. The average molecular weight is 247 g/mol. The second kappa shape index (κ2) is 5.89. The lowest BCUT2D eigenvalue weighted by atomic mass is 10.3. The molecule has 90 valence electrons. The van der Waals surface area contributed by atoms with Gasteiger partial charge in [-0.2, -0.15) is 0 Å². The van der Waals surface area contributed by atoms with Crippen molar-refractivity contribution in [3.63, 3.8) is 0 Å². The topological polar surface area (TPSA) is 37.8 Å². The van der Waals surface area contributed by atoms with Crippen LogP contribution in [0.2, 0.25) is 0 Å². The van der Waals surface area contributed by atoms with E-state index in [2.05, 4.69) is 30.2 Å². The highest BCUT2D eigenvalue weighted by Gasteiger charge is 2.10. The first kappa shape index (κ1) is 12.2. The van der Waals surface area contributed by atoms with Crippen LogP contribution < -0.4 is 5.32 Å². The van der Waals surface area contributed by atoms with Gasteiger partial charge in [0.05, 0.1) is 5.69 Å². The van der Waals surface area contributed by atoms with E-state index in [-0.39, 0.29) is 0 Å². The molecule has 2 aromatic heterocycles. The fraction of sp³-hybridized carbons (Fsp3) is 0.385. The summed E-state index contributed by atoms with van der Waals surface area (Å²) in [5.74, 6) is 0. The zero-order valence-corrected chi connectivity index (χ0v) is 11.0. The van der Waals surface area contributed by atoms with Crippen LogP contribution in [0.15, 0.2) is 24.5 Å². The average Bonchev–Trinajstić information content (AvgIpc) is 2.80. The zero-order valence-electron chi connectivity index (χ0n) is 10.2. The summed E-state index contributed by atoms with van der Waals surface area (Å²) in [5.41, 5.74) is 2.31. The predicted molar refractivity (Wildman–Crippen MR) is 72.1 cm³/mol. The van der Waals surface area contributed by atoms with E-state index in [1.807, 2.05) is 12.3 Å². The highest BCUT2D eigenvalue weighted by Crippen LogP contribution is 2.27. The van der Waals surface area contributed by atoms with Crippen molar-refractivity contribution in [1.82, 2.24) is 15.3 Å². The van der Waals surface area contributed by atoms with Gasteiger partial charge in [0.1, 0.15) is 5.01 Å². The molecule has 17 heavy (non-hydrogen) atoms. The van der Waals surface area contributed by atoms with E-state index in [0.717, 1.165) is 30.1 Å². The molecule has 0 atom stereocenters. The number of aromatic nitrogens is 2. The molecule has 0 amide bonds. The van der Waals surface area contributed by atoms with Crippen LogP contribution in [-0.4, -0.2) is 16.5 Å². The summed E-state index contributed by atoms with van der Waals surface area (Å²) in [5, 5.41) is 4.43. The molecular weight excluding hydrogens is 230 g/mol. The molecule has 0 bridgehead atoms. The van der Waals surface area contributed by atoms with Crippen LogP contribution in [0.25, 0.3) is 10.6 Å². The number of hydrogen-bond acceptors (Lipinski definition) is 4. The Morgan fingerprint density at radius 2 is 2.24 bits per heavy atom. The molecule has 2 aromatic rings. The minimum absolute atomic E-state index is 0.914. The summed E-state index contributed by atoms with van der Waals surface area (Å²) in [4.78, 5) is 10.2. The van der Waals surface area contributed by atoms with Crippen molar-refractivity contribution in [1.29, 1.82) is 0 Å². The van der Waals surface area contributed by atoms with Gasteiger partial charge in [0.2, 0.25) is 0 Å². The van der Waals surface area contributed by atoms with Crippen LogP contribution in [-0.2, 0) is 13.0 Å². The summed E-state index contributed by atoms with van der Waals surface area (Å²) in [6.45, 7) is 6.17. The summed E-state index contributed by atoms with van der Waals surface area (Å²) in [6.07, 6.45) is 4.64. The van der Waals surface area contributed by atoms with Crippen molar-refractivity contribution in [3.05, 3.63) is 35.1 Å². The molecule has 0 aliphatic rings. The first-order valence-electron chi connectivity index (χ1n) is 5.94. The summed E-state index contributed by atoms with van der Waals surface area (Å²) in [6, 6.07) is 4.01. The maximum atomic E-state index is 4.69. The van der Waals surface area contributed by atoms with E-state index in [0.29, 0.717) is 0 Å². The van der Waals surface area contributed by atoms with Crippen LogP contribution >= 0.6 is 11.3 Å². The normalized spacial score (nSPS) is 10.7. The molecule has 0 unspecified atom stereocenters. The highest BCUT2D eigenvalue weighted by atomic mass is 32.1. The van der Waals surface area contributed by atoms with Gasteiger partial charge in [-0.1, -0.05) is 13.8 Å². The smallest absolute Gasteiger partial charge is 0.125 e. The molecule has 4 heteroatoms. The van der Waals surface area contributed by atoms with E-state index >= 15 is 0 Å². The van der Waals surface area contributed by atoms with E-state index in [1.54, 1.807) is 17.5 Å². The molecule has 0 saturated carbocycles. The van der Waals surface area contributed by atoms with Gasteiger partial charge in [-0.3, -0.25) is 4.98 Å². The fourth-order valence-electron chi connectivity index (χ4n) is 1.65. The third kappa shape index (κ3) is 2.90. The molecule has 2 rings (SSSR count). The van der Waals surface area contributed by atoms with Gasteiger partial charge in [-0.05, 0) is 25.1 Å². The highest BCUT2D eigenvalue weighted by molar-refractivity contribution is 7.15. The minimum atomic E-state index is 0.914. The Morgan fingerprint density at radius 3 is 2.88 bits per heavy atom. The van der Waals surface area contributed by atoms with Crippen molar-refractivity contribution >= 4 is 11.3 Å². The lowest BCUT2D eigenvalue weighted by Crippen LogP contribution is -2.11. The number of aryl methyl sites for hydroxylation is 1. The number of nitrogens with one attached hydrogen (secondary N) is 1. The first-order valence-corrected chi connectivity index (χ1v) is 6.76. The molecule has 0 aliphatic carbocycles. The predicted octanol–water partition coefficient (Wildman–Crippen LogP) is 2.88. The standard InChI is InChI=1S/C13H17N3S/c1-3-11-12(9-14-4-2)17-13(16-11)10-6-5-7-15-8-10/h5-8,14H,3-4,9H2,1-2H3. The Balaban J connectivity index is 2.28. The van der Waals surface area contributed by atoms with E-state index in [4.69, 9.17) is 4.98 Å². The number of pyridine rings is 1. The molecule has 0 aromatic carbocycles. The summed E-state index contributed by atoms with van der Waals surface area (Å²) < 4.78 is 0. The second-order valence-corrected chi connectivity index (χ2v) is 4.85. The van der Waals surface area contributed by atoms with E-state index in [9.17, 15) is 0 Å². The van der Waals surface area contributed by atoms with Crippen molar-refractivity contribution in [2.75, 3.05) is 6.54 Å². The first-order chi connectivity index (χ1) is 8.35. The summed E-state index contributed by atoms with van der Waals surface area (Å²) >= 11 is 1.76. The van der Waals surface area contributed by atoms with Crippen LogP contribution in [0.3, 0.4) is 0 Å². The minimum Gasteiger partial charge on any atom is -0.312 e. The number of rotatable bonds is 5. The van der Waals surface area contributed by atoms with E-state index in [1.165, 1.54) is 10.6 Å². The molecule has 0 aliphatic heterocycles. The SMILES string of the molecule is CCNCc1sc(-c2cccnc2)nc1CC. The molecule has 0 fully saturated rings. The Bertz CT molecular complexity index is 465. The fourth-order valence-corrected chi connectivity index (χ4v) is 2.76. The Morgan fingerprint density at radius 1 is 1.35 bits per heavy atom. The van der Waals surface area contributed by atoms with Gasteiger partial charge >= 0.3 is 0 Å². The van der Waals surface area contributed by atoms with Crippen molar-refractivity contribution in [2.45, 2.75) is 26.8 Å². The Kier molecular flexibility index (Phi) is 4.23. The second-order valence-electron chi connectivity index (χ2n) is 3.76. The van der Waals surface area contributed by atoms with Gasteiger partial charge in [0.15, 0.2) is 0 Å². The largest absolute Gasteiger partial charge is 0.312 e. The number of hydrogen-bond donors (Lipinski definition) is 1. The van der Waals surface area contributed by atoms with E-state index < -0.39 is 0 Å². The summed E-state index contributed by atoms with van der Waals surface area (Å²) in [7, 11) is 0. The third-order valence-electron chi connectivity index (χ3n) is 2.56. The maximum absolute atomic E-state index is 4.69. The van der Waals surface area contributed by atoms with Gasteiger partial charge in [-0.25, -0.2) is 4.98 Å². The zero-order chi connectivity index (χ0) is 12.1. The van der Waals surface area contributed by atoms with Gasteiger partial charge in [0.25, 0.3) is 0 Å². The lowest BCUT2D eigenvalue weighted by molar-refractivity contribution is 0.727. The maximum Gasteiger partial charge on any atom is 0.125 e. The van der Waals surface area contributed by atoms with Gasteiger partial charge < -0.3 is 5.32 Å². The quantitative estimate of drug-likeness (QED) is 0.883. The molecule has 1 N–H and O–H groups in total. The monoisotopic (exact) mass is 247 g/mol. The molecule has 0 spiro atoms. The van der Waals surface area contributed by atoms with Crippen LogP contribution in [0.5, 0.6) is 0 Å². The number of nitrogens with zero attached hydrogens (tertiary/aromatic N) is 2. The third-order valence-corrected chi connectivity index (χ3v) is 3.70. The molecular formula is C13H17N3S. The van der Waals surface area contributed by atoms with Crippen molar-refractivity contribution in [2.24, 2.45) is 0 Å².